The van der Waals surface area contributed by atoms with E-state index in [4.69, 9.17) is 0 Å². The van der Waals surface area contributed by atoms with Crippen LogP contribution in [0.25, 0.3) is 0 Å². The predicted octanol–water partition coefficient (Wildman–Crippen LogP) is 1.74. The van der Waals surface area contributed by atoms with Gasteiger partial charge in [0.15, 0.2) is 0 Å². The van der Waals surface area contributed by atoms with Crippen LogP contribution >= 0.6 is 0 Å². The van der Waals surface area contributed by atoms with Gasteiger partial charge in [0, 0.05) is 58.2 Å². The van der Waals surface area contributed by atoms with Crippen molar-refractivity contribution in [3.8, 4) is 0 Å². The molecule has 2 aliphatic rings. The van der Waals surface area contributed by atoms with Crippen molar-refractivity contribution in [2.45, 2.75) is 32.2 Å². The molecule has 1 aromatic rings. The number of nitrogens with one attached hydrogen (secondary N) is 1. The maximum atomic E-state index is 12.4. The second-order valence-electron chi connectivity index (χ2n) is 6.90. The fraction of sp³-hybridized carbons (Fsp3) is 0.632. The highest BCUT2D eigenvalue weighted by molar-refractivity contribution is 5.75. The van der Waals surface area contributed by atoms with Gasteiger partial charge in [-0.2, -0.15) is 0 Å². The molecule has 0 aliphatic carbocycles. The van der Waals surface area contributed by atoms with Gasteiger partial charge in [0.2, 0.25) is 5.95 Å². The van der Waals surface area contributed by atoms with Crippen LogP contribution in [0.4, 0.5) is 10.7 Å². The van der Waals surface area contributed by atoms with E-state index in [0.717, 1.165) is 58.1 Å². The third-order valence-electron chi connectivity index (χ3n) is 5.09. The highest BCUT2D eigenvalue weighted by Gasteiger charge is 2.24. The summed E-state index contributed by atoms with van der Waals surface area (Å²) in [7, 11) is 0. The second-order valence-corrected chi connectivity index (χ2v) is 6.90. The summed E-state index contributed by atoms with van der Waals surface area (Å²) in [4.78, 5) is 27.6. The maximum absolute atomic E-state index is 12.4. The third-order valence-corrected chi connectivity index (χ3v) is 5.09. The Labute approximate surface area is 156 Å². The lowest BCUT2D eigenvalue weighted by molar-refractivity contribution is 0.190. The number of anilines is 1. The maximum Gasteiger partial charge on any atom is 0.318 e. The first kappa shape index (κ1) is 18.6. The molecule has 2 aliphatic heterocycles. The predicted molar refractivity (Wildman–Crippen MR) is 103 cm³/mol. The van der Waals surface area contributed by atoms with E-state index in [1.165, 1.54) is 6.42 Å². The SMILES string of the molecule is CCCC[C@H]1C=CCN1C(=O)NCCN1CCN(c2ncccn2)CC1. The van der Waals surface area contributed by atoms with Crippen molar-refractivity contribution in [2.24, 2.45) is 0 Å². The number of carbonyl (C=O) groups excluding carboxylic acids is 1. The number of hydrogen-bond acceptors (Lipinski definition) is 5. The fourth-order valence-electron chi connectivity index (χ4n) is 3.52. The molecule has 26 heavy (non-hydrogen) atoms. The molecule has 0 radical (unpaired) electrons. The van der Waals surface area contributed by atoms with E-state index >= 15 is 0 Å². The Morgan fingerprint density at radius 3 is 2.73 bits per heavy atom. The Balaban J connectivity index is 1.35. The Morgan fingerprint density at radius 1 is 1.23 bits per heavy atom. The summed E-state index contributed by atoms with van der Waals surface area (Å²) in [5.74, 6) is 0.806. The second kappa shape index (κ2) is 9.52. The third kappa shape index (κ3) is 4.94. The molecule has 3 heterocycles. The highest BCUT2D eigenvalue weighted by Crippen LogP contribution is 2.16. The first-order chi connectivity index (χ1) is 12.8. The van der Waals surface area contributed by atoms with Gasteiger partial charge in [-0.05, 0) is 12.5 Å². The van der Waals surface area contributed by atoms with Crippen molar-refractivity contribution in [1.29, 1.82) is 0 Å². The lowest BCUT2D eigenvalue weighted by Gasteiger charge is -2.34. The molecule has 7 nitrogen and oxygen atoms in total. The molecule has 1 aromatic heterocycles. The number of carbonyl (C=O) groups is 1. The van der Waals surface area contributed by atoms with Gasteiger partial charge in [0.25, 0.3) is 0 Å². The van der Waals surface area contributed by atoms with Gasteiger partial charge in [-0.1, -0.05) is 31.9 Å². The van der Waals surface area contributed by atoms with Crippen LogP contribution in [-0.4, -0.2) is 77.7 Å². The van der Waals surface area contributed by atoms with Gasteiger partial charge < -0.3 is 15.1 Å². The number of rotatable bonds is 7. The molecular weight excluding hydrogens is 328 g/mol. The monoisotopic (exact) mass is 358 g/mol. The van der Waals surface area contributed by atoms with E-state index < -0.39 is 0 Å². The van der Waals surface area contributed by atoms with Crippen molar-refractivity contribution in [3.63, 3.8) is 0 Å². The molecule has 1 N–H and O–H groups in total. The molecule has 0 spiro atoms. The Kier molecular flexibility index (Phi) is 6.82. The number of amides is 2. The largest absolute Gasteiger partial charge is 0.338 e. The van der Waals surface area contributed by atoms with E-state index in [2.05, 4.69) is 44.2 Å². The molecule has 1 atom stereocenters. The van der Waals surface area contributed by atoms with Crippen LogP contribution in [-0.2, 0) is 0 Å². The first-order valence-corrected chi connectivity index (χ1v) is 9.73. The minimum atomic E-state index is 0.0624. The van der Waals surface area contributed by atoms with E-state index in [9.17, 15) is 4.79 Å². The number of nitrogens with zero attached hydrogens (tertiary/aromatic N) is 5. The average molecular weight is 358 g/mol. The molecule has 2 amide bonds. The molecule has 142 valence electrons. The summed E-state index contributed by atoms with van der Waals surface area (Å²) in [6.07, 6.45) is 11.2. The van der Waals surface area contributed by atoms with Gasteiger partial charge in [-0.15, -0.1) is 0 Å². The normalized spacial score (nSPS) is 20.6. The topological polar surface area (TPSA) is 64.6 Å². The number of piperazine rings is 1. The zero-order valence-corrected chi connectivity index (χ0v) is 15.7. The van der Waals surface area contributed by atoms with E-state index in [0.29, 0.717) is 6.54 Å². The molecule has 0 bridgehead atoms. The summed E-state index contributed by atoms with van der Waals surface area (Å²) >= 11 is 0. The minimum absolute atomic E-state index is 0.0624. The standard InChI is InChI=1S/C19H30N6O/c1-2-3-6-17-7-4-11-25(17)19(26)22-10-12-23-13-15-24(16-14-23)18-20-8-5-9-21-18/h4-5,7-9,17H,2-3,6,10-16H2,1H3,(H,22,26)/t17-/m0/s1. The fourth-order valence-corrected chi connectivity index (χ4v) is 3.52. The average Bonchev–Trinajstić information content (AvgIpc) is 3.16. The van der Waals surface area contributed by atoms with Crippen molar-refractivity contribution in [3.05, 3.63) is 30.6 Å². The van der Waals surface area contributed by atoms with Crippen LogP contribution in [0.2, 0.25) is 0 Å². The van der Waals surface area contributed by atoms with Crippen LogP contribution in [0.3, 0.4) is 0 Å². The first-order valence-electron chi connectivity index (χ1n) is 9.73. The number of unbranched alkanes of at least 4 members (excludes halogenated alkanes) is 1. The molecule has 1 fully saturated rings. The highest BCUT2D eigenvalue weighted by atomic mass is 16.2. The summed E-state index contributed by atoms with van der Waals surface area (Å²) < 4.78 is 0. The Bertz CT molecular complexity index is 585. The van der Waals surface area contributed by atoms with Crippen LogP contribution in [0.5, 0.6) is 0 Å². The lowest BCUT2D eigenvalue weighted by Crippen LogP contribution is -2.50. The van der Waals surface area contributed by atoms with Crippen molar-refractivity contribution >= 4 is 12.0 Å². The molecule has 7 heteroatoms. The summed E-state index contributed by atoms with van der Waals surface area (Å²) in [6.45, 7) is 8.29. The minimum Gasteiger partial charge on any atom is -0.338 e. The van der Waals surface area contributed by atoms with E-state index in [1.54, 1.807) is 12.4 Å². The van der Waals surface area contributed by atoms with Crippen LogP contribution in [0.1, 0.15) is 26.2 Å². The number of hydrogen-bond donors (Lipinski definition) is 1. The van der Waals surface area contributed by atoms with Crippen molar-refractivity contribution in [2.75, 3.05) is 50.7 Å². The summed E-state index contributed by atoms with van der Waals surface area (Å²) in [5.41, 5.74) is 0. The van der Waals surface area contributed by atoms with Crippen LogP contribution in [0, 0.1) is 0 Å². The van der Waals surface area contributed by atoms with Gasteiger partial charge in [-0.25, -0.2) is 14.8 Å². The summed E-state index contributed by atoms with van der Waals surface area (Å²) in [6, 6.07) is 2.17. The van der Waals surface area contributed by atoms with Crippen molar-refractivity contribution < 1.29 is 4.79 Å². The quantitative estimate of drug-likeness (QED) is 0.752. The van der Waals surface area contributed by atoms with Crippen molar-refractivity contribution in [1.82, 2.24) is 25.1 Å². The molecule has 3 rings (SSSR count). The lowest BCUT2D eigenvalue weighted by atomic mass is 10.1. The molecule has 0 aromatic carbocycles. The number of urea groups is 1. The summed E-state index contributed by atoms with van der Waals surface area (Å²) in [5, 5.41) is 3.09. The molecule has 0 saturated carbocycles. The smallest absolute Gasteiger partial charge is 0.318 e. The van der Waals surface area contributed by atoms with Crippen LogP contribution < -0.4 is 10.2 Å². The zero-order chi connectivity index (χ0) is 18.2. The van der Waals surface area contributed by atoms with Gasteiger partial charge >= 0.3 is 6.03 Å². The van der Waals surface area contributed by atoms with E-state index in [-0.39, 0.29) is 12.1 Å². The Hall–Kier alpha value is -2.15. The number of aromatic nitrogens is 2. The van der Waals surface area contributed by atoms with E-state index in [1.807, 2.05) is 11.0 Å². The van der Waals surface area contributed by atoms with Crippen LogP contribution in [0.15, 0.2) is 30.6 Å². The van der Waals surface area contributed by atoms with Gasteiger partial charge in [0.1, 0.15) is 0 Å². The molecular formula is C19H30N6O. The Morgan fingerprint density at radius 2 is 2.00 bits per heavy atom. The molecule has 0 unspecified atom stereocenters. The molecule has 1 saturated heterocycles. The van der Waals surface area contributed by atoms with Gasteiger partial charge in [0.05, 0.1) is 6.04 Å². The van der Waals surface area contributed by atoms with Gasteiger partial charge in [-0.3, -0.25) is 4.90 Å². The zero-order valence-electron chi connectivity index (χ0n) is 15.7.